The number of carbonyl (C=O) groups excluding carboxylic acids is 1. The van der Waals surface area contributed by atoms with Crippen molar-refractivity contribution in [3.05, 3.63) is 41.5 Å². The summed E-state index contributed by atoms with van der Waals surface area (Å²) in [7, 11) is 2.17. The van der Waals surface area contributed by atoms with Gasteiger partial charge in [-0.3, -0.25) is 9.69 Å². The zero-order valence-electron chi connectivity index (χ0n) is 14.8. The molecule has 0 radical (unpaired) electrons. The molecule has 26 heavy (non-hydrogen) atoms. The van der Waals surface area contributed by atoms with Crippen molar-refractivity contribution in [3.8, 4) is 11.5 Å². The predicted octanol–water partition coefficient (Wildman–Crippen LogP) is 1.76. The van der Waals surface area contributed by atoms with Gasteiger partial charge in [0.1, 0.15) is 0 Å². The topological polar surface area (TPSA) is 70.7 Å². The van der Waals surface area contributed by atoms with Crippen LogP contribution in [-0.2, 0) is 12.0 Å². The number of carbonyl (C=O) groups is 1. The minimum atomic E-state index is -0.0563. The molecule has 1 amide bonds. The van der Waals surface area contributed by atoms with Crippen molar-refractivity contribution in [1.29, 1.82) is 0 Å². The van der Waals surface area contributed by atoms with Gasteiger partial charge in [-0.25, -0.2) is 4.98 Å². The molecule has 136 valence electrons. The first-order valence-electron chi connectivity index (χ1n) is 9.10. The summed E-state index contributed by atoms with van der Waals surface area (Å²) in [5.74, 6) is 1.41. The maximum absolute atomic E-state index is 12.9. The molecule has 0 unspecified atom stereocenters. The van der Waals surface area contributed by atoms with Gasteiger partial charge in [0.2, 0.25) is 6.79 Å². The molecule has 5 rings (SSSR count). The standard InChI is InChI=1S/C19H22N4O3/c1-22-7-4-14-17(21-11-20-14)19(22)5-8-23(9-6-19)18(24)13-2-3-15-16(10-13)26-12-25-15/h2-3,10-11H,4-9,12H2,1H3,(H,20,21). The van der Waals surface area contributed by atoms with Crippen molar-refractivity contribution < 1.29 is 14.3 Å². The van der Waals surface area contributed by atoms with Gasteiger partial charge in [0.25, 0.3) is 5.91 Å². The summed E-state index contributed by atoms with van der Waals surface area (Å²) in [4.78, 5) is 25.2. The average Bonchev–Trinajstić information content (AvgIpc) is 3.34. The van der Waals surface area contributed by atoms with Crippen molar-refractivity contribution in [2.75, 3.05) is 33.5 Å². The van der Waals surface area contributed by atoms with E-state index >= 15 is 0 Å². The number of aromatic amines is 1. The van der Waals surface area contributed by atoms with Crippen LogP contribution in [-0.4, -0.2) is 59.1 Å². The van der Waals surface area contributed by atoms with Crippen LogP contribution in [0.15, 0.2) is 24.5 Å². The zero-order chi connectivity index (χ0) is 17.7. The van der Waals surface area contributed by atoms with E-state index in [2.05, 4.69) is 21.9 Å². The fourth-order valence-electron chi connectivity index (χ4n) is 4.50. The molecule has 3 aliphatic rings. The minimum absolute atomic E-state index is 0.0545. The number of amides is 1. The van der Waals surface area contributed by atoms with Crippen LogP contribution >= 0.6 is 0 Å². The van der Waals surface area contributed by atoms with E-state index in [1.54, 1.807) is 12.4 Å². The zero-order valence-corrected chi connectivity index (χ0v) is 14.8. The van der Waals surface area contributed by atoms with E-state index in [0.29, 0.717) is 17.1 Å². The molecular weight excluding hydrogens is 332 g/mol. The summed E-state index contributed by atoms with van der Waals surface area (Å²) >= 11 is 0. The third kappa shape index (κ3) is 2.23. The molecule has 1 N–H and O–H groups in total. The molecule has 1 saturated heterocycles. The summed E-state index contributed by atoms with van der Waals surface area (Å²) in [6.45, 7) is 2.69. The van der Waals surface area contributed by atoms with Gasteiger partial charge in [0, 0.05) is 37.3 Å². The van der Waals surface area contributed by atoms with E-state index < -0.39 is 0 Å². The van der Waals surface area contributed by atoms with Crippen LogP contribution in [0.2, 0.25) is 0 Å². The van der Waals surface area contributed by atoms with Crippen molar-refractivity contribution in [2.24, 2.45) is 0 Å². The maximum atomic E-state index is 12.9. The molecule has 1 fully saturated rings. The molecule has 1 aromatic heterocycles. The number of H-pyrrole nitrogens is 1. The summed E-state index contributed by atoms with van der Waals surface area (Å²) < 4.78 is 10.7. The average molecular weight is 354 g/mol. The van der Waals surface area contributed by atoms with Gasteiger partial charge in [-0.05, 0) is 38.1 Å². The molecule has 7 heteroatoms. The van der Waals surface area contributed by atoms with Crippen LogP contribution in [0, 0.1) is 0 Å². The number of rotatable bonds is 1. The Hall–Kier alpha value is -2.54. The number of ether oxygens (including phenoxy) is 2. The summed E-state index contributed by atoms with van der Waals surface area (Å²) in [5, 5.41) is 0. The third-order valence-electron chi connectivity index (χ3n) is 6.08. The van der Waals surface area contributed by atoms with Crippen molar-refractivity contribution in [3.63, 3.8) is 0 Å². The molecule has 4 heterocycles. The van der Waals surface area contributed by atoms with Crippen LogP contribution in [0.3, 0.4) is 0 Å². The van der Waals surface area contributed by atoms with Gasteiger partial charge in [0.15, 0.2) is 11.5 Å². The molecule has 7 nitrogen and oxygen atoms in total. The summed E-state index contributed by atoms with van der Waals surface area (Å²) in [5.41, 5.74) is 3.02. The lowest BCUT2D eigenvalue weighted by Crippen LogP contribution is -2.55. The number of aromatic nitrogens is 2. The highest BCUT2D eigenvalue weighted by atomic mass is 16.7. The normalized spacial score (nSPS) is 21.0. The lowest BCUT2D eigenvalue weighted by atomic mass is 9.79. The second-order valence-corrected chi connectivity index (χ2v) is 7.29. The molecule has 3 aliphatic heterocycles. The second-order valence-electron chi connectivity index (χ2n) is 7.29. The number of hydrogen-bond donors (Lipinski definition) is 1. The number of benzene rings is 1. The van der Waals surface area contributed by atoms with Crippen LogP contribution in [0.5, 0.6) is 11.5 Å². The minimum Gasteiger partial charge on any atom is -0.454 e. The summed E-state index contributed by atoms with van der Waals surface area (Å²) in [6, 6.07) is 5.41. The summed E-state index contributed by atoms with van der Waals surface area (Å²) in [6.07, 6.45) is 4.61. The number of hydrogen-bond acceptors (Lipinski definition) is 5. The first kappa shape index (κ1) is 15.7. The molecule has 1 spiro atoms. The monoisotopic (exact) mass is 354 g/mol. The molecule has 2 aromatic rings. The Labute approximate surface area is 151 Å². The SMILES string of the molecule is CN1CCc2[nH]cnc2C12CCN(C(=O)c1ccc3c(c1)OCO3)CC2. The molecule has 0 bridgehead atoms. The highest BCUT2D eigenvalue weighted by molar-refractivity contribution is 5.95. The second kappa shape index (κ2) is 5.74. The lowest BCUT2D eigenvalue weighted by Gasteiger charge is -2.49. The van der Waals surface area contributed by atoms with Crippen LogP contribution in [0.4, 0.5) is 0 Å². The van der Waals surface area contributed by atoms with Crippen LogP contribution < -0.4 is 9.47 Å². The Morgan fingerprint density at radius 1 is 1.19 bits per heavy atom. The van der Waals surface area contributed by atoms with E-state index in [9.17, 15) is 4.79 Å². The quantitative estimate of drug-likeness (QED) is 0.845. The van der Waals surface area contributed by atoms with Gasteiger partial charge in [-0.1, -0.05) is 0 Å². The largest absolute Gasteiger partial charge is 0.454 e. The van der Waals surface area contributed by atoms with E-state index in [0.717, 1.165) is 38.9 Å². The molecular formula is C19H22N4O3. The van der Waals surface area contributed by atoms with Crippen molar-refractivity contribution in [2.45, 2.75) is 24.8 Å². The van der Waals surface area contributed by atoms with Gasteiger partial charge >= 0.3 is 0 Å². The Morgan fingerprint density at radius 2 is 2.00 bits per heavy atom. The van der Waals surface area contributed by atoms with Gasteiger partial charge < -0.3 is 19.4 Å². The van der Waals surface area contributed by atoms with Gasteiger partial charge in [0.05, 0.1) is 17.6 Å². The van der Waals surface area contributed by atoms with Crippen molar-refractivity contribution >= 4 is 5.91 Å². The number of likely N-dealkylation sites (tertiary alicyclic amines) is 1. The predicted molar refractivity (Wildman–Crippen MR) is 94.3 cm³/mol. The Bertz CT molecular complexity index is 854. The third-order valence-corrected chi connectivity index (χ3v) is 6.08. The van der Waals surface area contributed by atoms with Gasteiger partial charge in [-0.15, -0.1) is 0 Å². The first-order valence-corrected chi connectivity index (χ1v) is 9.10. The Kier molecular flexibility index (Phi) is 3.46. The number of piperidine rings is 1. The lowest BCUT2D eigenvalue weighted by molar-refractivity contribution is 0.0225. The number of nitrogens with one attached hydrogen (secondary N) is 1. The maximum Gasteiger partial charge on any atom is 0.253 e. The van der Waals surface area contributed by atoms with E-state index in [4.69, 9.17) is 9.47 Å². The van der Waals surface area contributed by atoms with Gasteiger partial charge in [-0.2, -0.15) is 0 Å². The number of nitrogens with zero attached hydrogens (tertiary/aromatic N) is 3. The van der Waals surface area contributed by atoms with E-state index in [1.807, 2.05) is 17.0 Å². The number of imidazole rings is 1. The molecule has 0 saturated carbocycles. The molecule has 0 atom stereocenters. The molecule has 0 aliphatic carbocycles. The first-order chi connectivity index (χ1) is 12.7. The number of fused-ring (bicyclic) bond motifs is 3. The molecule has 1 aromatic carbocycles. The highest BCUT2D eigenvalue weighted by Crippen LogP contribution is 2.41. The van der Waals surface area contributed by atoms with Crippen LogP contribution in [0.25, 0.3) is 0 Å². The van der Waals surface area contributed by atoms with E-state index in [-0.39, 0.29) is 18.2 Å². The Balaban J connectivity index is 1.35. The Morgan fingerprint density at radius 3 is 2.85 bits per heavy atom. The van der Waals surface area contributed by atoms with E-state index in [1.165, 1.54) is 11.4 Å². The highest BCUT2D eigenvalue weighted by Gasteiger charge is 2.45. The fraction of sp³-hybridized carbons (Fsp3) is 0.474. The van der Waals surface area contributed by atoms with Crippen LogP contribution in [0.1, 0.15) is 34.6 Å². The smallest absolute Gasteiger partial charge is 0.253 e. The van der Waals surface area contributed by atoms with Crippen molar-refractivity contribution in [1.82, 2.24) is 19.8 Å². The number of likely N-dealkylation sites (N-methyl/N-ethyl adjacent to an activating group) is 1. The fourth-order valence-corrected chi connectivity index (χ4v) is 4.50.